The highest BCUT2D eigenvalue weighted by molar-refractivity contribution is 5.90. The van der Waals surface area contributed by atoms with Crippen molar-refractivity contribution in [3.8, 4) is 0 Å². The standard InChI is InChI=1S/C15H26N4O5/c1-3-7-24-15(23)13-8-11(21)9-17-19(13)14(22)12-5-4-6-16-18(12)10(2)20/h11-13,16-17,21H,3-9H2,1-2H3/t11-,12+,13-/m0/s1. The van der Waals surface area contributed by atoms with E-state index in [0.29, 0.717) is 19.4 Å². The van der Waals surface area contributed by atoms with Crippen molar-refractivity contribution in [2.45, 2.75) is 57.7 Å². The smallest absolute Gasteiger partial charge is 0.330 e. The van der Waals surface area contributed by atoms with Gasteiger partial charge in [-0.3, -0.25) is 19.6 Å². The van der Waals surface area contributed by atoms with Crippen LogP contribution >= 0.6 is 0 Å². The Morgan fingerprint density at radius 1 is 1.21 bits per heavy atom. The Balaban J connectivity index is 2.14. The van der Waals surface area contributed by atoms with E-state index in [2.05, 4.69) is 10.9 Å². The minimum absolute atomic E-state index is 0.113. The monoisotopic (exact) mass is 342 g/mol. The summed E-state index contributed by atoms with van der Waals surface area (Å²) in [4.78, 5) is 36.9. The Bertz CT molecular complexity index is 486. The molecule has 2 heterocycles. The van der Waals surface area contributed by atoms with Crippen LogP contribution in [0, 0.1) is 0 Å². The quantitative estimate of drug-likeness (QED) is 0.557. The average molecular weight is 342 g/mol. The number of hydrazine groups is 2. The first kappa shape index (κ1) is 18.6. The molecule has 24 heavy (non-hydrogen) atoms. The van der Waals surface area contributed by atoms with Gasteiger partial charge in [-0.25, -0.2) is 15.6 Å². The highest BCUT2D eigenvalue weighted by Crippen LogP contribution is 2.19. The number of hydrogen-bond acceptors (Lipinski definition) is 7. The lowest BCUT2D eigenvalue weighted by Gasteiger charge is -2.42. The summed E-state index contributed by atoms with van der Waals surface area (Å²) in [5.74, 6) is -1.17. The molecule has 9 heteroatoms. The van der Waals surface area contributed by atoms with Gasteiger partial charge in [-0.05, 0) is 19.3 Å². The van der Waals surface area contributed by atoms with E-state index < -0.39 is 24.2 Å². The molecule has 2 rings (SSSR count). The Kier molecular flexibility index (Phi) is 6.52. The van der Waals surface area contributed by atoms with Crippen molar-refractivity contribution in [2.24, 2.45) is 0 Å². The summed E-state index contributed by atoms with van der Waals surface area (Å²) in [6.45, 7) is 4.32. The third kappa shape index (κ3) is 4.22. The molecule has 2 aliphatic rings. The molecule has 0 radical (unpaired) electrons. The zero-order valence-corrected chi connectivity index (χ0v) is 14.2. The van der Waals surface area contributed by atoms with Gasteiger partial charge >= 0.3 is 5.97 Å². The second-order valence-electron chi connectivity index (χ2n) is 6.10. The van der Waals surface area contributed by atoms with Crippen LogP contribution < -0.4 is 10.9 Å². The third-order valence-electron chi connectivity index (χ3n) is 4.13. The number of nitrogens with zero attached hydrogens (tertiary/aromatic N) is 2. The summed E-state index contributed by atoms with van der Waals surface area (Å²) in [7, 11) is 0. The fraction of sp³-hybridized carbons (Fsp3) is 0.800. The molecule has 2 saturated heterocycles. The zero-order chi connectivity index (χ0) is 17.7. The molecule has 0 aliphatic carbocycles. The van der Waals surface area contributed by atoms with Gasteiger partial charge in [0.15, 0.2) is 0 Å². The molecular weight excluding hydrogens is 316 g/mol. The van der Waals surface area contributed by atoms with Crippen molar-refractivity contribution in [3.05, 3.63) is 0 Å². The van der Waals surface area contributed by atoms with Crippen LogP contribution in [0.5, 0.6) is 0 Å². The van der Waals surface area contributed by atoms with Crippen molar-refractivity contribution >= 4 is 17.8 Å². The minimum atomic E-state index is -0.900. The lowest BCUT2D eigenvalue weighted by atomic mass is 10.0. The molecule has 0 saturated carbocycles. The molecule has 2 amide bonds. The van der Waals surface area contributed by atoms with Crippen LogP contribution in [0.3, 0.4) is 0 Å². The molecule has 0 aromatic heterocycles. The average Bonchev–Trinajstić information content (AvgIpc) is 2.58. The van der Waals surface area contributed by atoms with E-state index >= 15 is 0 Å². The van der Waals surface area contributed by atoms with Crippen molar-refractivity contribution in [3.63, 3.8) is 0 Å². The molecule has 0 bridgehead atoms. The predicted octanol–water partition coefficient (Wildman–Crippen LogP) is -1.08. The number of nitrogens with one attached hydrogen (secondary N) is 2. The maximum absolute atomic E-state index is 12.9. The van der Waals surface area contributed by atoms with Crippen molar-refractivity contribution in [2.75, 3.05) is 19.7 Å². The molecule has 0 aromatic rings. The SMILES string of the molecule is CCCOC(=O)[C@@H]1C[C@H](O)CNN1C(=O)[C@H]1CCCNN1C(C)=O. The van der Waals surface area contributed by atoms with E-state index in [9.17, 15) is 19.5 Å². The molecule has 3 N–H and O–H groups in total. The van der Waals surface area contributed by atoms with Gasteiger partial charge in [-0.15, -0.1) is 0 Å². The molecule has 0 spiro atoms. The van der Waals surface area contributed by atoms with E-state index in [4.69, 9.17) is 4.74 Å². The van der Waals surface area contributed by atoms with E-state index in [-0.39, 0.29) is 31.4 Å². The fourth-order valence-corrected chi connectivity index (χ4v) is 2.95. The van der Waals surface area contributed by atoms with Gasteiger partial charge in [-0.2, -0.15) is 0 Å². The molecule has 2 fully saturated rings. The van der Waals surface area contributed by atoms with Gasteiger partial charge in [0.25, 0.3) is 5.91 Å². The highest BCUT2D eigenvalue weighted by atomic mass is 16.5. The maximum atomic E-state index is 12.9. The molecule has 136 valence electrons. The van der Waals surface area contributed by atoms with Gasteiger partial charge in [0.05, 0.1) is 12.7 Å². The maximum Gasteiger partial charge on any atom is 0.330 e. The summed E-state index contributed by atoms with van der Waals surface area (Å²) in [5.41, 5.74) is 5.72. The number of hydrogen-bond donors (Lipinski definition) is 3. The Hall–Kier alpha value is -1.71. The number of esters is 1. The second kappa shape index (κ2) is 8.41. The first-order valence-corrected chi connectivity index (χ1v) is 8.40. The predicted molar refractivity (Wildman–Crippen MR) is 84.1 cm³/mol. The molecule has 0 unspecified atom stereocenters. The van der Waals surface area contributed by atoms with Crippen molar-refractivity contribution in [1.82, 2.24) is 20.9 Å². The molecule has 9 nitrogen and oxygen atoms in total. The Labute approximate surface area is 141 Å². The van der Waals surface area contributed by atoms with Crippen LogP contribution in [-0.4, -0.2) is 70.8 Å². The van der Waals surface area contributed by atoms with Gasteiger partial charge in [-0.1, -0.05) is 6.92 Å². The fourth-order valence-electron chi connectivity index (χ4n) is 2.95. The number of aliphatic hydroxyl groups excluding tert-OH is 1. The van der Waals surface area contributed by atoms with E-state index in [1.54, 1.807) is 0 Å². The van der Waals surface area contributed by atoms with Gasteiger partial charge in [0.1, 0.15) is 12.1 Å². The number of β-amino-alcohol motifs (C(OH)–C–C–N with tert-alkyl or cyclic N) is 1. The Morgan fingerprint density at radius 2 is 1.96 bits per heavy atom. The topological polar surface area (TPSA) is 111 Å². The normalized spacial score (nSPS) is 27.7. The first-order chi connectivity index (χ1) is 11.5. The lowest BCUT2D eigenvalue weighted by molar-refractivity contribution is -0.168. The van der Waals surface area contributed by atoms with Gasteiger partial charge in [0.2, 0.25) is 5.91 Å². The Morgan fingerprint density at radius 3 is 2.62 bits per heavy atom. The number of rotatable bonds is 4. The molecule has 3 atom stereocenters. The zero-order valence-electron chi connectivity index (χ0n) is 14.2. The largest absolute Gasteiger partial charge is 0.464 e. The van der Waals surface area contributed by atoms with Crippen LogP contribution in [0.2, 0.25) is 0 Å². The summed E-state index contributed by atoms with van der Waals surface area (Å²) < 4.78 is 5.14. The summed E-state index contributed by atoms with van der Waals surface area (Å²) in [6.07, 6.45) is 1.32. The number of aliphatic hydroxyl groups is 1. The summed E-state index contributed by atoms with van der Waals surface area (Å²) >= 11 is 0. The molecular formula is C15H26N4O5. The van der Waals surface area contributed by atoms with Crippen molar-refractivity contribution in [1.29, 1.82) is 0 Å². The molecule has 0 aromatic carbocycles. The van der Waals surface area contributed by atoms with E-state index in [1.165, 1.54) is 16.9 Å². The second-order valence-corrected chi connectivity index (χ2v) is 6.10. The van der Waals surface area contributed by atoms with E-state index in [1.807, 2.05) is 6.92 Å². The number of ether oxygens (including phenoxy) is 1. The van der Waals surface area contributed by atoms with Gasteiger partial charge in [0, 0.05) is 26.4 Å². The number of amides is 2. The summed E-state index contributed by atoms with van der Waals surface area (Å²) in [5, 5.41) is 12.4. The summed E-state index contributed by atoms with van der Waals surface area (Å²) in [6, 6.07) is -1.58. The lowest BCUT2D eigenvalue weighted by Crippen LogP contribution is -2.66. The van der Waals surface area contributed by atoms with Crippen LogP contribution in [0.1, 0.15) is 39.5 Å². The first-order valence-electron chi connectivity index (χ1n) is 8.40. The van der Waals surface area contributed by atoms with Crippen LogP contribution in [0.25, 0.3) is 0 Å². The van der Waals surface area contributed by atoms with Crippen molar-refractivity contribution < 1.29 is 24.2 Å². The van der Waals surface area contributed by atoms with Gasteiger partial charge < -0.3 is 9.84 Å². The molecule has 2 aliphatic heterocycles. The third-order valence-corrected chi connectivity index (χ3v) is 4.13. The number of carbonyl (C=O) groups is 3. The van der Waals surface area contributed by atoms with Crippen LogP contribution in [0.4, 0.5) is 0 Å². The van der Waals surface area contributed by atoms with Crippen LogP contribution in [-0.2, 0) is 19.1 Å². The van der Waals surface area contributed by atoms with E-state index in [0.717, 1.165) is 6.42 Å². The highest BCUT2D eigenvalue weighted by Gasteiger charge is 2.42. The minimum Gasteiger partial charge on any atom is -0.464 e. The number of carbonyl (C=O) groups excluding carboxylic acids is 3. The van der Waals surface area contributed by atoms with Crippen LogP contribution in [0.15, 0.2) is 0 Å².